The molecule has 1 heterocycles. The van der Waals surface area contributed by atoms with Crippen LogP contribution in [0.25, 0.3) is 0 Å². The lowest BCUT2D eigenvalue weighted by molar-refractivity contribution is 0.0821. The molecule has 0 aliphatic heterocycles. The zero-order chi connectivity index (χ0) is 21.7. The molecule has 0 aliphatic carbocycles. The first-order chi connectivity index (χ1) is 14.3. The monoisotopic (exact) mass is 422 g/mol. The molecule has 7 heteroatoms. The molecule has 2 N–H and O–H groups in total. The third kappa shape index (κ3) is 5.15. The first-order valence-electron chi connectivity index (χ1n) is 9.43. The van der Waals surface area contributed by atoms with Crippen LogP contribution in [0.2, 0.25) is 5.02 Å². The minimum absolute atomic E-state index is 0.213. The van der Waals surface area contributed by atoms with E-state index in [4.69, 9.17) is 11.6 Å². The van der Waals surface area contributed by atoms with Gasteiger partial charge in [0, 0.05) is 26.3 Å². The number of benzene rings is 2. The van der Waals surface area contributed by atoms with E-state index in [-0.39, 0.29) is 11.8 Å². The fraction of sp³-hybridized carbons (Fsp3) is 0.174. The van der Waals surface area contributed by atoms with Gasteiger partial charge in [0.1, 0.15) is 5.69 Å². The summed E-state index contributed by atoms with van der Waals surface area (Å²) in [5, 5.41) is 6.62. The molecular formula is C23H23ClN4O2. The lowest BCUT2D eigenvalue weighted by Crippen LogP contribution is -2.23. The molecule has 0 saturated heterocycles. The van der Waals surface area contributed by atoms with Gasteiger partial charge >= 0.3 is 0 Å². The Balaban J connectivity index is 1.68. The van der Waals surface area contributed by atoms with Crippen molar-refractivity contribution in [2.75, 3.05) is 24.7 Å². The summed E-state index contributed by atoms with van der Waals surface area (Å²) < 4.78 is 0. The van der Waals surface area contributed by atoms with Gasteiger partial charge in [-0.15, -0.1) is 0 Å². The molecule has 0 radical (unpaired) electrons. The second kappa shape index (κ2) is 9.41. The Bertz CT molecular complexity index is 1070. The van der Waals surface area contributed by atoms with Crippen molar-refractivity contribution >= 4 is 34.8 Å². The van der Waals surface area contributed by atoms with Gasteiger partial charge in [0.15, 0.2) is 0 Å². The highest BCUT2D eigenvalue weighted by Gasteiger charge is 2.15. The Morgan fingerprint density at radius 2 is 1.77 bits per heavy atom. The summed E-state index contributed by atoms with van der Waals surface area (Å²) in [4.78, 5) is 30.4. The molecular weight excluding hydrogens is 400 g/mol. The Labute approximate surface area is 180 Å². The molecule has 3 rings (SSSR count). The highest BCUT2D eigenvalue weighted by Crippen LogP contribution is 2.26. The smallest absolute Gasteiger partial charge is 0.271 e. The number of pyridine rings is 1. The summed E-state index contributed by atoms with van der Waals surface area (Å²) in [5.41, 5.74) is 3.67. The van der Waals surface area contributed by atoms with Crippen LogP contribution >= 0.6 is 11.6 Å². The third-order valence-electron chi connectivity index (χ3n) is 4.51. The Kier molecular flexibility index (Phi) is 6.69. The van der Waals surface area contributed by atoms with E-state index in [9.17, 15) is 9.59 Å². The molecule has 2 aromatic carbocycles. The molecule has 0 saturated carbocycles. The number of rotatable bonds is 6. The lowest BCUT2D eigenvalue weighted by Gasteiger charge is -2.13. The van der Waals surface area contributed by atoms with Gasteiger partial charge in [-0.2, -0.15) is 0 Å². The van der Waals surface area contributed by atoms with Gasteiger partial charge in [-0.25, -0.2) is 4.98 Å². The van der Waals surface area contributed by atoms with Crippen LogP contribution in [0.3, 0.4) is 0 Å². The Morgan fingerprint density at radius 1 is 1.03 bits per heavy atom. The lowest BCUT2D eigenvalue weighted by atomic mass is 10.1. The topological polar surface area (TPSA) is 74.3 Å². The van der Waals surface area contributed by atoms with E-state index in [1.54, 1.807) is 45.3 Å². The van der Waals surface area contributed by atoms with Crippen LogP contribution in [0.4, 0.5) is 11.4 Å². The van der Waals surface area contributed by atoms with Gasteiger partial charge in [-0.05, 0) is 42.8 Å². The SMILES string of the molecule is Cc1nc(C(=O)N(C)C)ccc1C(=O)Nc1ccc(NCc2ccccc2)c(Cl)c1. The molecule has 0 atom stereocenters. The summed E-state index contributed by atoms with van der Waals surface area (Å²) in [6.45, 7) is 2.35. The molecule has 0 fully saturated rings. The van der Waals surface area contributed by atoms with E-state index in [1.165, 1.54) is 4.90 Å². The zero-order valence-corrected chi connectivity index (χ0v) is 17.8. The van der Waals surface area contributed by atoms with E-state index < -0.39 is 0 Å². The molecule has 0 bridgehead atoms. The van der Waals surface area contributed by atoms with Crippen LogP contribution in [0, 0.1) is 6.92 Å². The van der Waals surface area contributed by atoms with Gasteiger partial charge in [0.05, 0.1) is 22.0 Å². The standard InChI is InChI=1S/C23H23ClN4O2/c1-15-18(10-12-21(26-15)23(30)28(2)3)22(29)27-17-9-11-20(19(24)13-17)25-14-16-7-5-4-6-8-16/h4-13,25H,14H2,1-3H3,(H,27,29). The molecule has 154 valence electrons. The summed E-state index contributed by atoms with van der Waals surface area (Å²) in [5.74, 6) is -0.527. The van der Waals surface area contributed by atoms with Gasteiger partial charge in [-0.1, -0.05) is 41.9 Å². The summed E-state index contributed by atoms with van der Waals surface area (Å²) in [6, 6.07) is 18.5. The van der Waals surface area contributed by atoms with Crippen molar-refractivity contribution in [1.82, 2.24) is 9.88 Å². The number of nitrogens with one attached hydrogen (secondary N) is 2. The number of carbonyl (C=O) groups is 2. The van der Waals surface area contributed by atoms with Crippen LogP contribution < -0.4 is 10.6 Å². The van der Waals surface area contributed by atoms with Gasteiger partial charge in [0.2, 0.25) is 0 Å². The first-order valence-corrected chi connectivity index (χ1v) is 9.81. The minimum atomic E-state index is -0.315. The number of halogens is 1. The van der Waals surface area contributed by atoms with Crippen molar-refractivity contribution in [1.29, 1.82) is 0 Å². The van der Waals surface area contributed by atoms with Crippen molar-refractivity contribution in [2.45, 2.75) is 13.5 Å². The van der Waals surface area contributed by atoms with Gasteiger partial charge in [0.25, 0.3) is 11.8 Å². The number of aryl methyl sites for hydroxylation is 1. The third-order valence-corrected chi connectivity index (χ3v) is 4.82. The van der Waals surface area contributed by atoms with Gasteiger partial charge in [-0.3, -0.25) is 9.59 Å². The van der Waals surface area contributed by atoms with E-state index in [1.807, 2.05) is 36.4 Å². The van der Waals surface area contributed by atoms with Crippen LogP contribution in [-0.2, 0) is 6.54 Å². The molecule has 6 nitrogen and oxygen atoms in total. The number of anilines is 2. The highest BCUT2D eigenvalue weighted by atomic mass is 35.5. The fourth-order valence-electron chi connectivity index (χ4n) is 2.88. The number of aromatic nitrogens is 1. The molecule has 3 aromatic rings. The van der Waals surface area contributed by atoms with Gasteiger partial charge < -0.3 is 15.5 Å². The average molecular weight is 423 g/mol. The summed E-state index contributed by atoms with van der Waals surface area (Å²) >= 11 is 6.37. The van der Waals surface area contributed by atoms with Crippen LogP contribution in [0.15, 0.2) is 60.7 Å². The van der Waals surface area contributed by atoms with Crippen molar-refractivity contribution in [2.24, 2.45) is 0 Å². The fourth-order valence-corrected chi connectivity index (χ4v) is 3.12. The number of carbonyl (C=O) groups excluding carboxylic acids is 2. The predicted molar refractivity (Wildman–Crippen MR) is 120 cm³/mol. The van der Waals surface area contributed by atoms with E-state index >= 15 is 0 Å². The number of hydrogen-bond acceptors (Lipinski definition) is 4. The normalized spacial score (nSPS) is 10.4. The summed E-state index contributed by atoms with van der Waals surface area (Å²) in [7, 11) is 3.31. The van der Waals surface area contributed by atoms with Crippen molar-refractivity contribution in [3.05, 3.63) is 88.2 Å². The zero-order valence-electron chi connectivity index (χ0n) is 17.1. The largest absolute Gasteiger partial charge is 0.380 e. The molecule has 0 aliphatic rings. The maximum absolute atomic E-state index is 12.7. The minimum Gasteiger partial charge on any atom is -0.380 e. The number of amides is 2. The van der Waals surface area contributed by atoms with Crippen LogP contribution in [0.1, 0.15) is 32.1 Å². The maximum Gasteiger partial charge on any atom is 0.271 e. The maximum atomic E-state index is 12.7. The van der Waals surface area contributed by atoms with Crippen LogP contribution in [-0.4, -0.2) is 35.8 Å². The summed E-state index contributed by atoms with van der Waals surface area (Å²) in [6.07, 6.45) is 0. The first kappa shape index (κ1) is 21.3. The molecule has 0 spiro atoms. The quantitative estimate of drug-likeness (QED) is 0.608. The molecule has 30 heavy (non-hydrogen) atoms. The van der Waals surface area contributed by atoms with E-state index in [0.29, 0.717) is 34.2 Å². The van der Waals surface area contributed by atoms with Crippen molar-refractivity contribution < 1.29 is 9.59 Å². The average Bonchev–Trinajstić information content (AvgIpc) is 2.73. The highest BCUT2D eigenvalue weighted by molar-refractivity contribution is 6.33. The molecule has 2 amide bonds. The van der Waals surface area contributed by atoms with Crippen molar-refractivity contribution in [3.8, 4) is 0 Å². The number of hydrogen-bond donors (Lipinski definition) is 2. The van der Waals surface area contributed by atoms with E-state index in [2.05, 4.69) is 15.6 Å². The molecule has 0 unspecified atom stereocenters. The Morgan fingerprint density at radius 3 is 2.40 bits per heavy atom. The van der Waals surface area contributed by atoms with E-state index in [0.717, 1.165) is 11.3 Å². The second-order valence-corrected chi connectivity index (χ2v) is 7.42. The second-order valence-electron chi connectivity index (χ2n) is 7.02. The van der Waals surface area contributed by atoms with Crippen molar-refractivity contribution in [3.63, 3.8) is 0 Å². The number of nitrogens with zero attached hydrogens (tertiary/aromatic N) is 2. The van der Waals surface area contributed by atoms with Crippen LogP contribution in [0.5, 0.6) is 0 Å². The predicted octanol–water partition coefficient (Wildman–Crippen LogP) is 4.61. The Hall–Kier alpha value is -3.38. The molecule has 1 aromatic heterocycles.